The average Bonchev–Trinajstić information content (AvgIpc) is 3.77. The quantitative estimate of drug-likeness (QED) is 0.188. The summed E-state index contributed by atoms with van der Waals surface area (Å²) in [6, 6.07) is 61.9. The fourth-order valence-electron chi connectivity index (χ4n) is 7.99. The van der Waals surface area contributed by atoms with Gasteiger partial charge in [0.05, 0.1) is 22.2 Å². The van der Waals surface area contributed by atoms with Gasteiger partial charge in [-0.3, -0.25) is 4.57 Å². The summed E-state index contributed by atoms with van der Waals surface area (Å²) < 4.78 is 8.63. The first-order valence-corrected chi connectivity index (χ1v) is 17.6. The number of aromatic nitrogens is 3. The third kappa shape index (κ3) is 4.34. The highest BCUT2D eigenvalue weighted by atomic mass is 16.3. The van der Waals surface area contributed by atoms with Gasteiger partial charge in [0.2, 0.25) is 5.95 Å². The minimum Gasteiger partial charge on any atom is -0.455 e. The molecule has 0 aliphatic heterocycles. The third-order valence-electron chi connectivity index (χ3n) is 10.4. The van der Waals surface area contributed by atoms with Crippen LogP contribution in [-0.4, -0.2) is 14.5 Å². The minimum absolute atomic E-state index is 0.652. The van der Waals surface area contributed by atoms with Gasteiger partial charge in [0.25, 0.3) is 0 Å². The smallest absolute Gasteiger partial charge is 0.235 e. The van der Waals surface area contributed by atoms with Crippen LogP contribution in [0.2, 0.25) is 0 Å². The van der Waals surface area contributed by atoms with E-state index in [1.807, 2.05) is 24.3 Å². The number of fused-ring (bicyclic) bond motifs is 9. The molecule has 0 radical (unpaired) electrons. The molecular weight excluding hydrogens is 635 g/mol. The van der Waals surface area contributed by atoms with Crippen LogP contribution < -0.4 is 0 Å². The zero-order valence-electron chi connectivity index (χ0n) is 28.0. The maximum Gasteiger partial charge on any atom is 0.235 e. The Kier molecular flexibility index (Phi) is 6.22. The maximum absolute atomic E-state index is 6.41. The monoisotopic (exact) mass is 663 g/mol. The molecule has 4 heteroatoms. The van der Waals surface area contributed by atoms with Gasteiger partial charge in [0, 0.05) is 38.1 Å². The van der Waals surface area contributed by atoms with Crippen LogP contribution in [0.3, 0.4) is 0 Å². The molecule has 4 nitrogen and oxygen atoms in total. The summed E-state index contributed by atoms with van der Waals surface area (Å²) in [5.74, 6) is 0.652. The number of rotatable bonds is 4. The Labute approximate surface area is 298 Å². The van der Waals surface area contributed by atoms with Gasteiger partial charge in [0.1, 0.15) is 11.2 Å². The Balaban J connectivity index is 1.10. The predicted molar refractivity (Wildman–Crippen MR) is 215 cm³/mol. The van der Waals surface area contributed by atoms with Crippen molar-refractivity contribution < 1.29 is 4.42 Å². The van der Waals surface area contributed by atoms with Crippen molar-refractivity contribution in [1.29, 1.82) is 0 Å². The molecule has 3 heterocycles. The van der Waals surface area contributed by atoms with Gasteiger partial charge >= 0.3 is 0 Å². The van der Waals surface area contributed by atoms with Crippen LogP contribution in [0.15, 0.2) is 180 Å². The summed E-state index contributed by atoms with van der Waals surface area (Å²) >= 11 is 0. The molecule has 0 spiro atoms. The maximum atomic E-state index is 6.41. The first-order chi connectivity index (χ1) is 25.8. The largest absolute Gasteiger partial charge is 0.455 e. The molecule has 0 N–H and O–H groups in total. The van der Waals surface area contributed by atoms with Crippen LogP contribution in [0.25, 0.3) is 105 Å². The number of hydrogen-bond donors (Lipinski definition) is 0. The van der Waals surface area contributed by atoms with E-state index in [1.54, 1.807) is 0 Å². The lowest BCUT2D eigenvalue weighted by Crippen LogP contribution is -2.03. The van der Waals surface area contributed by atoms with E-state index in [1.165, 1.54) is 32.7 Å². The van der Waals surface area contributed by atoms with Crippen LogP contribution in [0.4, 0.5) is 0 Å². The van der Waals surface area contributed by atoms with Crippen LogP contribution in [0.5, 0.6) is 0 Å². The van der Waals surface area contributed by atoms with E-state index < -0.39 is 0 Å². The van der Waals surface area contributed by atoms with Gasteiger partial charge in [-0.25, -0.2) is 9.97 Å². The highest BCUT2D eigenvalue weighted by molar-refractivity contribution is 6.22. The normalized spacial score (nSPS) is 11.8. The van der Waals surface area contributed by atoms with Crippen molar-refractivity contribution in [2.75, 3.05) is 0 Å². The van der Waals surface area contributed by atoms with Crippen molar-refractivity contribution in [2.24, 2.45) is 0 Å². The molecule has 11 aromatic rings. The zero-order chi connectivity index (χ0) is 34.2. The van der Waals surface area contributed by atoms with Crippen molar-refractivity contribution in [1.82, 2.24) is 14.5 Å². The lowest BCUT2D eigenvalue weighted by molar-refractivity contribution is 0.670. The second-order valence-electron chi connectivity index (χ2n) is 13.4. The summed E-state index contributed by atoms with van der Waals surface area (Å²) in [5.41, 5.74) is 11.4. The Morgan fingerprint density at radius 1 is 0.423 bits per heavy atom. The fourth-order valence-corrected chi connectivity index (χ4v) is 7.99. The van der Waals surface area contributed by atoms with Crippen LogP contribution in [0.1, 0.15) is 0 Å². The zero-order valence-corrected chi connectivity index (χ0v) is 28.0. The van der Waals surface area contributed by atoms with E-state index in [4.69, 9.17) is 14.4 Å². The van der Waals surface area contributed by atoms with Gasteiger partial charge in [-0.1, -0.05) is 146 Å². The van der Waals surface area contributed by atoms with E-state index >= 15 is 0 Å². The van der Waals surface area contributed by atoms with Crippen molar-refractivity contribution in [2.45, 2.75) is 0 Å². The Bertz CT molecular complexity index is 3170. The van der Waals surface area contributed by atoms with Crippen LogP contribution >= 0.6 is 0 Å². The number of benzene rings is 8. The van der Waals surface area contributed by atoms with Gasteiger partial charge in [-0.15, -0.1) is 0 Å². The Morgan fingerprint density at radius 3 is 2.00 bits per heavy atom. The number of nitrogens with zero attached hydrogens (tertiary/aromatic N) is 3. The molecule has 52 heavy (non-hydrogen) atoms. The number of hydrogen-bond acceptors (Lipinski definition) is 3. The van der Waals surface area contributed by atoms with Crippen molar-refractivity contribution in [3.8, 4) is 39.5 Å². The summed E-state index contributed by atoms with van der Waals surface area (Å²) in [6.45, 7) is 0. The number of furan rings is 1. The molecule has 242 valence electrons. The third-order valence-corrected chi connectivity index (χ3v) is 10.4. The van der Waals surface area contributed by atoms with E-state index in [0.29, 0.717) is 5.95 Å². The average molecular weight is 664 g/mol. The summed E-state index contributed by atoms with van der Waals surface area (Å²) in [4.78, 5) is 10.5. The van der Waals surface area contributed by atoms with Gasteiger partial charge < -0.3 is 4.42 Å². The second kappa shape index (κ2) is 11.2. The minimum atomic E-state index is 0.652. The SMILES string of the molecule is c1ccc(-c2ccc(-c3nc(-n4c5ccccc5c5c6ccc(-c7cccc8c7oc7ccccc78)cc6ccc54)nc4ccccc34)cc2)cc1. The van der Waals surface area contributed by atoms with Crippen molar-refractivity contribution >= 4 is 65.4 Å². The van der Waals surface area contributed by atoms with Crippen LogP contribution in [-0.2, 0) is 0 Å². The van der Waals surface area contributed by atoms with E-state index in [0.717, 1.165) is 66.3 Å². The first-order valence-electron chi connectivity index (χ1n) is 17.6. The first kappa shape index (κ1) is 28.8. The molecule has 0 amide bonds. The fraction of sp³-hybridized carbons (Fsp3) is 0. The van der Waals surface area contributed by atoms with E-state index in [9.17, 15) is 0 Å². The lowest BCUT2D eigenvalue weighted by Gasteiger charge is -2.12. The van der Waals surface area contributed by atoms with Crippen molar-refractivity contribution in [3.63, 3.8) is 0 Å². The van der Waals surface area contributed by atoms with Crippen LogP contribution in [0, 0.1) is 0 Å². The molecule has 3 aromatic heterocycles. The molecule has 0 aliphatic carbocycles. The summed E-state index contributed by atoms with van der Waals surface area (Å²) in [6.07, 6.45) is 0. The molecule has 0 bridgehead atoms. The molecule has 0 fully saturated rings. The van der Waals surface area contributed by atoms with E-state index in [2.05, 4.69) is 156 Å². The number of para-hydroxylation sites is 4. The van der Waals surface area contributed by atoms with E-state index in [-0.39, 0.29) is 0 Å². The predicted octanol–water partition coefficient (Wildman–Crippen LogP) is 12.8. The molecule has 0 atom stereocenters. The highest BCUT2D eigenvalue weighted by Gasteiger charge is 2.19. The van der Waals surface area contributed by atoms with Gasteiger partial charge in [-0.2, -0.15) is 0 Å². The summed E-state index contributed by atoms with van der Waals surface area (Å²) in [7, 11) is 0. The lowest BCUT2D eigenvalue weighted by atomic mass is 9.97. The molecule has 8 aromatic carbocycles. The van der Waals surface area contributed by atoms with Crippen molar-refractivity contribution in [3.05, 3.63) is 176 Å². The Morgan fingerprint density at radius 2 is 1.12 bits per heavy atom. The van der Waals surface area contributed by atoms with Gasteiger partial charge in [-0.05, 0) is 57.8 Å². The molecule has 0 saturated heterocycles. The van der Waals surface area contributed by atoms with Gasteiger partial charge in [0.15, 0.2) is 0 Å². The molecule has 11 rings (SSSR count). The standard InChI is InChI=1S/C48H29N3O/c1-2-11-30(12-3-1)31-21-23-32(24-22-31)46-39-14-4-7-18-41(39)49-48(50-46)51-42-19-8-5-15-40(42)45-35-27-25-34(29-33(35)26-28-43(45)51)36-16-10-17-38-37-13-6-9-20-44(37)52-47(36)38/h1-29H. The molecule has 0 saturated carbocycles. The molecule has 0 aliphatic rings. The molecular formula is C48H29N3O. The second-order valence-corrected chi connectivity index (χ2v) is 13.4. The Hall–Kier alpha value is -7.04. The summed E-state index contributed by atoms with van der Waals surface area (Å²) in [5, 5.41) is 8.00. The molecule has 0 unspecified atom stereocenters. The highest BCUT2D eigenvalue weighted by Crippen LogP contribution is 2.41. The topological polar surface area (TPSA) is 43.9 Å².